The smallest absolute Gasteiger partial charge is 0.126 e. The van der Waals surface area contributed by atoms with Crippen molar-refractivity contribution in [1.29, 1.82) is 0 Å². The van der Waals surface area contributed by atoms with E-state index in [0.29, 0.717) is 0 Å². The zero-order chi connectivity index (χ0) is 13.8. The normalized spacial score (nSPS) is 12.1. The highest BCUT2D eigenvalue weighted by Crippen LogP contribution is 2.26. The van der Waals surface area contributed by atoms with Crippen LogP contribution in [0.25, 0.3) is 10.4 Å². The first-order valence-corrected chi connectivity index (χ1v) is 7.37. The van der Waals surface area contributed by atoms with Crippen molar-refractivity contribution < 1.29 is 0 Å². The van der Waals surface area contributed by atoms with Crippen molar-refractivity contribution in [1.82, 2.24) is 9.97 Å². The SMILES string of the molecule is C[C@H](Nc1cc(-c2cncs2)ccn1)c1ccccc1. The van der Waals surface area contributed by atoms with Gasteiger partial charge >= 0.3 is 0 Å². The van der Waals surface area contributed by atoms with Crippen LogP contribution in [-0.2, 0) is 0 Å². The first kappa shape index (κ1) is 12.8. The van der Waals surface area contributed by atoms with E-state index >= 15 is 0 Å². The van der Waals surface area contributed by atoms with Crippen LogP contribution >= 0.6 is 11.3 Å². The van der Waals surface area contributed by atoms with Crippen molar-refractivity contribution in [3.8, 4) is 10.4 Å². The quantitative estimate of drug-likeness (QED) is 0.771. The third-order valence-corrected chi connectivity index (χ3v) is 3.96. The van der Waals surface area contributed by atoms with E-state index in [4.69, 9.17) is 0 Å². The molecule has 1 N–H and O–H groups in total. The molecule has 3 rings (SSSR count). The van der Waals surface area contributed by atoms with Gasteiger partial charge in [-0.05, 0) is 30.2 Å². The molecule has 0 saturated carbocycles. The van der Waals surface area contributed by atoms with Crippen LogP contribution in [0.1, 0.15) is 18.5 Å². The van der Waals surface area contributed by atoms with Crippen molar-refractivity contribution in [3.05, 3.63) is 65.9 Å². The molecule has 1 atom stereocenters. The maximum absolute atomic E-state index is 4.39. The van der Waals surface area contributed by atoms with Gasteiger partial charge in [0.25, 0.3) is 0 Å². The molecule has 0 aliphatic carbocycles. The van der Waals surface area contributed by atoms with Gasteiger partial charge in [0.05, 0.1) is 10.4 Å². The Morgan fingerprint density at radius 2 is 2.00 bits per heavy atom. The summed E-state index contributed by atoms with van der Waals surface area (Å²) in [5.41, 5.74) is 4.23. The summed E-state index contributed by atoms with van der Waals surface area (Å²) in [4.78, 5) is 9.66. The van der Waals surface area contributed by atoms with E-state index in [9.17, 15) is 0 Å². The predicted molar refractivity (Wildman–Crippen MR) is 83.8 cm³/mol. The molecule has 0 unspecified atom stereocenters. The molecule has 2 heterocycles. The highest BCUT2D eigenvalue weighted by atomic mass is 32.1. The van der Waals surface area contributed by atoms with Gasteiger partial charge in [-0.3, -0.25) is 4.98 Å². The summed E-state index contributed by atoms with van der Waals surface area (Å²) in [6, 6.07) is 14.6. The molecule has 1 aromatic carbocycles. The monoisotopic (exact) mass is 281 g/mol. The summed E-state index contributed by atoms with van der Waals surface area (Å²) in [6.45, 7) is 2.14. The van der Waals surface area contributed by atoms with E-state index in [1.807, 2.05) is 30.0 Å². The summed E-state index contributed by atoms with van der Waals surface area (Å²) in [6.07, 6.45) is 3.71. The third kappa shape index (κ3) is 2.86. The van der Waals surface area contributed by atoms with Gasteiger partial charge in [-0.2, -0.15) is 0 Å². The van der Waals surface area contributed by atoms with E-state index in [0.717, 1.165) is 16.3 Å². The van der Waals surface area contributed by atoms with E-state index in [-0.39, 0.29) is 6.04 Å². The topological polar surface area (TPSA) is 37.8 Å². The fourth-order valence-corrected chi connectivity index (χ4v) is 2.69. The Hall–Kier alpha value is -2.20. The molecule has 2 aromatic heterocycles. The van der Waals surface area contributed by atoms with Gasteiger partial charge < -0.3 is 5.32 Å². The Kier molecular flexibility index (Phi) is 3.74. The summed E-state index contributed by atoms with van der Waals surface area (Å²) < 4.78 is 0. The molecule has 0 amide bonds. The van der Waals surface area contributed by atoms with Crippen LogP contribution in [0.5, 0.6) is 0 Å². The van der Waals surface area contributed by atoms with Crippen LogP contribution in [0.15, 0.2) is 60.4 Å². The highest BCUT2D eigenvalue weighted by Gasteiger charge is 2.07. The maximum atomic E-state index is 4.39. The van der Waals surface area contributed by atoms with Gasteiger partial charge in [-0.1, -0.05) is 30.3 Å². The number of hydrogen-bond acceptors (Lipinski definition) is 4. The van der Waals surface area contributed by atoms with Crippen LogP contribution in [0, 0.1) is 0 Å². The first-order valence-electron chi connectivity index (χ1n) is 6.49. The minimum absolute atomic E-state index is 0.223. The second-order valence-corrected chi connectivity index (χ2v) is 5.46. The van der Waals surface area contributed by atoms with Crippen LogP contribution in [0.2, 0.25) is 0 Å². The van der Waals surface area contributed by atoms with Gasteiger partial charge in [-0.15, -0.1) is 11.3 Å². The summed E-state index contributed by atoms with van der Waals surface area (Å²) in [7, 11) is 0. The van der Waals surface area contributed by atoms with Crippen molar-refractivity contribution >= 4 is 17.2 Å². The average molecular weight is 281 g/mol. The summed E-state index contributed by atoms with van der Waals surface area (Å²) in [5, 5.41) is 3.43. The lowest BCUT2D eigenvalue weighted by Crippen LogP contribution is -2.07. The number of nitrogens with one attached hydrogen (secondary N) is 1. The maximum Gasteiger partial charge on any atom is 0.126 e. The van der Waals surface area contributed by atoms with Crippen LogP contribution in [0.3, 0.4) is 0 Å². The van der Waals surface area contributed by atoms with E-state index < -0.39 is 0 Å². The Morgan fingerprint density at radius 3 is 2.75 bits per heavy atom. The molecule has 0 saturated heterocycles. The number of pyridine rings is 1. The molecule has 0 bridgehead atoms. The Labute approximate surface area is 122 Å². The number of thiazole rings is 1. The third-order valence-electron chi connectivity index (χ3n) is 3.14. The Morgan fingerprint density at radius 1 is 1.15 bits per heavy atom. The lowest BCUT2D eigenvalue weighted by Gasteiger charge is -2.15. The molecule has 3 nitrogen and oxygen atoms in total. The van der Waals surface area contributed by atoms with Crippen molar-refractivity contribution in [2.24, 2.45) is 0 Å². The summed E-state index contributed by atoms with van der Waals surface area (Å²) in [5.74, 6) is 0.882. The number of rotatable bonds is 4. The molecular weight excluding hydrogens is 266 g/mol. The minimum atomic E-state index is 0.223. The van der Waals surface area contributed by atoms with Crippen molar-refractivity contribution in [2.45, 2.75) is 13.0 Å². The second-order valence-electron chi connectivity index (χ2n) is 4.57. The zero-order valence-electron chi connectivity index (χ0n) is 11.2. The minimum Gasteiger partial charge on any atom is -0.364 e. The van der Waals surface area contributed by atoms with Gasteiger partial charge in [-0.25, -0.2) is 4.98 Å². The lowest BCUT2D eigenvalue weighted by molar-refractivity contribution is 0.875. The van der Waals surface area contributed by atoms with Crippen molar-refractivity contribution in [3.63, 3.8) is 0 Å². The molecular formula is C16H15N3S. The zero-order valence-corrected chi connectivity index (χ0v) is 12.0. The van der Waals surface area contributed by atoms with Gasteiger partial charge in [0.15, 0.2) is 0 Å². The Balaban J connectivity index is 1.80. The van der Waals surface area contributed by atoms with E-state index in [1.165, 1.54) is 5.56 Å². The Bertz CT molecular complexity index is 665. The standard InChI is InChI=1S/C16H15N3S/c1-12(13-5-3-2-4-6-13)19-16-9-14(7-8-18-16)15-10-17-11-20-15/h2-12H,1H3,(H,18,19)/t12-/m0/s1. The van der Waals surface area contributed by atoms with Crippen molar-refractivity contribution in [2.75, 3.05) is 5.32 Å². The fraction of sp³-hybridized carbons (Fsp3) is 0.125. The lowest BCUT2D eigenvalue weighted by atomic mass is 10.1. The summed E-state index contributed by atoms with van der Waals surface area (Å²) >= 11 is 1.63. The highest BCUT2D eigenvalue weighted by molar-refractivity contribution is 7.13. The number of nitrogens with zero attached hydrogens (tertiary/aromatic N) is 2. The number of aromatic nitrogens is 2. The first-order chi connectivity index (χ1) is 9.83. The number of hydrogen-bond donors (Lipinski definition) is 1. The molecule has 0 aliphatic heterocycles. The van der Waals surface area contributed by atoms with E-state index in [2.05, 4.69) is 52.5 Å². The van der Waals surface area contributed by atoms with Crippen LogP contribution in [0.4, 0.5) is 5.82 Å². The largest absolute Gasteiger partial charge is 0.364 e. The van der Waals surface area contributed by atoms with Crippen LogP contribution < -0.4 is 5.32 Å². The fourth-order valence-electron chi connectivity index (χ4n) is 2.07. The molecule has 0 fully saturated rings. The van der Waals surface area contributed by atoms with Gasteiger partial charge in [0.2, 0.25) is 0 Å². The molecule has 100 valence electrons. The van der Waals surface area contributed by atoms with Crippen LogP contribution in [-0.4, -0.2) is 9.97 Å². The van der Waals surface area contributed by atoms with Gasteiger partial charge in [0, 0.05) is 18.4 Å². The van der Waals surface area contributed by atoms with E-state index in [1.54, 1.807) is 11.3 Å². The second kappa shape index (κ2) is 5.84. The molecule has 0 aliphatic rings. The number of benzene rings is 1. The molecule has 3 aromatic rings. The number of anilines is 1. The van der Waals surface area contributed by atoms with Gasteiger partial charge in [0.1, 0.15) is 5.82 Å². The molecule has 0 radical (unpaired) electrons. The molecule has 20 heavy (non-hydrogen) atoms. The predicted octanol–water partition coefficient (Wildman–Crippen LogP) is 4.38. The average Bonchev–Trinajstić information content (AvgIpc) is 3.03. The molecule has 0 spiro atoms. The molecule has 4 heteroatoms.